The third-order valence-corrected chi connectivity index (χ3v) is 8.24. The predicted molar refractivity (Wildman–Crippen MR) is 77.2 cm³/mol. The highest BCUT2D eigenvalue weighted by molar-refractivity contribution is 6.74. The number of ketones is 2. The van der Waals surface area contributed by atoms with Crippen LogP contribution in [0.1, 0.15) is 48.0 Å². The summed E-state index contributed by atoms with van der Waals surface area (Å²) in [6.07, 6.45) is 0.00780. The van der Waals surface area contributed by atoms with Gasteiger partial charge in [0.15, 0.2) is 8.32 Å². The van der Waals surface area contributed by atoms with Crippen molar-refractivity contribution in [1.29, 1.82) is 0 Å². The van der Waals surface area contributed by atoms with Gasteiger partial charge in [-0.1, -0.05) is 34.6 Å². The minimum Gasteiger partial charge on any atom is -0.416 e. The molecule has 0 aliphatic heterocycles. The third-order valence-electron chi connectivity index (χ3n) is 3.76. The van der Waals surface area contributed by atoms with Gasteiger partial charge in [-0.15, -0.1) is 0 Å². The lowest BCUT2D eigenvalue weighted by Gasteiger charge is -2.38. The monoisotopic (exact) mass is 272 g/mol. The maximum absolute atomic E-state index is 12.0. The van der Waals surface area contributed by atoms with E-state index in [1.807, 2.05) is 13.8 Å². The fourth-order valence-electron chi connectivity index (χ4n) is 1.12. The molecule has 0 aromatic carbocycles. The van der Waals surface area contributed by atoms with Gasteiger partial charge in [-0.05, 0) is 25.1 Å². The van der Waals surface area contributed by atoms with Gasteiger partial charge in [0.25, 0.3) is 0 Å². The highest BCUT2D eigenvalue weighted by atomic mass is 28.4. The quantitative estimate of drug-likeness (QED) is 0.548. The van der Waals surface area contributed by atoms with E-state index < -0.39 is 13.7 Å². The molecule has 0 aliphatic carbocycles. The van der Waals surface area contributed by atoms with Gasteiger partial charge in [-0.3, -0.25) is 9.59 Å². The standard InChI is InChI=1S/C14H28O3Si/c1-11(15)9-12(16)14(5,6)10-17-18(7,8)13(2,3)4/h9-10H2,1-8H3. The Morgan fingerprint density at radius 1 is 1.06 bits per heavy atom. The van der Waals surface area contributed by atoms with E-state index in [9.17, 15) is 9.59 Å². The van der Waals surface area contributed by atoms with Crippen molar-refractivity contribution in [2.24, 2.45) is 5.41 Å². The number of rotatable bonds is 6. The van der Waals surface area contributed by atoms with E-state index in [-0.39, 0.29) is 23.0 Å². The van der Waals surface area contributed by atoms with Gasteiger partial charge >= 0.3 is 0 Å². The molecule has 0 spiro atoms. The first-order valence-corrected chi connectivity index (χ1v) is 9.37. The van der Waals surface area contributed by atoms with Crippen LogP contribution >= 0.6 is 0 Å². The molecular weight excluding hydrogens is 244 g/mol. The van der Waals surface area contributed by atoms with Crippen LogP contribution in [0.15, 0.2) is 0 Å². The average molecular weight is 272 g/mol. The smallest absolute Gasteiger partial charge is 0.192 e. The van der Waals surface area contributed by atoms with Crippen LogP contribution in [0, 0.1) is 5.41 Å². The highest BCUT2D eigenvalue weighted by Gasteiger charge is 2.39. The van der Waals surface area contributed by atoms with Gasteiger partial charge < -0.3 is 4.43 Å². The van der Waals surface area contributed by atoms with E-state index in [2.05, 4.69) is 33.9 Å². The van der Waals surface area contributed by atoms with Crippen molar-refractivity contribution in [1.82, 2.24) is 0 Å². The Bertz CT molecular complexity index is 324. The largest absolute Gasteiger partial charge is 0.416 e. The van der Waals surface area contributed by atoms with Crippen LogP contribution in [0.5, 0.6) is 0 Å². The molecule has 0 radical (unpaired) electrons. The van der Waals surface area contributed by atoms with E-state index in [1.165, 1.54) is 6.92 Å². The molecule has 0 atom stereocenters. The maximum Gasteiger partial charge on any atom is 0.192 e. The summed E-state index contributed by atoms with van der Waals surface area (Å²) in [5.41, 5.74) is -0.582. The molecule has 0 bridgehead atoms. The molecule has 0 saturated heterocycles. The van der Waals surface area contributed by atoms with E-state index in [0.29, 0.717) is 6.61 Å². The Morgan fingerprint density at radius 2 is 1.50 bits per heavy atom. The first-order chi connectivity index (χ1) is 7.79. The lowest BCUT2D eigenvalue weighted by Crippen LogP contribution is -2.44. The molecule has 0 aromatic rings. The first-order valence-electron chi connectivity index (χ1n) is 6.46. The van der Waals surface area contributed by atoms with Gasteiger partial charge in [0, 0.05) is 12.0 Å². The van der Waals surface area contributed by atoms with Crippen molar-refractivity contribution in [2.45, 2.75) is 66.1 Å². The Kier molecular flexibility index (Phi) is 5.50. The molecule has 4 heteroatoms. The number of hydrogen-bond acceptors (Lipinski definition) is 3. The number of Topliss-reactive ketones (excluding diaryl/α,β-unsaturated/α-hetero) is 2. The summed E-state index contributed by atoms with van der Waals surface area (Å²) in [7, 11) is -1.84. The molecular formula is C14H28O3Si. The average Bonchev–Trinajstić information content (AvgIpc) is 2.12. The molecule has 0 saturated carbocycles. The molecule has 0 amide bonds. The van der Waals surface area contributed by atoms with Crippen LogP contribution in [0.2, 0.25) is 18.1 Å². The molecule has 3 nitrogen and oxygen atoms in total. The maximum atomic E-state index is 12.0. The van der Waals surface area contributed by atoms with Gasteiger partial charge in [0.1, 0.15) is 11.6 Å². The summed E-state index contributed by atoms with van der Waals surface area (Å²) in [5.74, 6) is -0.117. The van der Waals surface area contributed by atoms with Crippen molar-refractivity contribution in [3.05, 3.63) is 0 Å². The molecule has 0 N–H and O–H groups in total. The van der Waals surface area contributed by atoms with E-state index in [4.69, 9.17) is 4.43 Å². The third kappa shape index (κ3) is 5.02. The van der Waals surface area contributed by atoms with Crippen LogP contribution in [0.4, 0.5) is 0 Å². The Balaban J connectivity index is 4.62. The van der Waals surface area contributed by atoms with Crippen LogP contribution in [0.3, 0.4) is 0 Å². The molecule has 0 heterocycles. The summed E-state index contributed by atoms with van der Waals surface area (Å²) in [4.78, 5) is 23.0. The molecule has 0 rings (SSSR count). The molecule has 0 unspecified atom stereocenters. The number of carbonyl (C=O) groups is 2. The highest BCUT2D eigenvalue weighted by Crippen LogP contribution is 2.37. The first kappa shape index (κ1) is 17.5. The van der Waals surface area contributed by atoms with Crippen LogP contribution in [0.25, 0.3) is 0 Å². The zero-order chi connectivity index (χ0) is 14.8. The van der Waals surface area contributed by atoms with Gasteiger partial charge in [-0.2, -0.15) is 0 Å². The zero-order valence-electron chi connectivity index (χ0n) is 13.1. The van der Waals surface area contributed by atoms with Gasteiger partial charge in [0.2, 0.25) is 0 Å². The molecule has 18 heavy (non-hydrogen) atoms. The topological polar surface area (TPSA) is 43.4 Å². The minimum atomic E-state index is -1.84. The van der Waals surface area contributed by atoms with Gasteiger partial charge in [0.05, 0.1) is 6.42 Å². The Labute approximate surface area is 112 Å². The fraction of sp³-hybridized carbons (Fsp3) is 0.857. The van der Waals surface area contributed by atoms with E-state index in [1.54, 1.807) is 0 Å². The molecule has 0 aromatic heterocycles. The summed E-state index contributed by atoms with van der Waals surface area (Å²) in [5, 5.41) is 0.132. The van der Waals surface area contributed by atoms with E-state index >= 15 is 0 Å². The molecule has 106 valence electrons. The van der Waals surface area contributed by atoms with Crippen LogP contribution < -0.4 is 0 Å². The van der Waals surface area contributed by atoms with Crippen LogP contribution in [-0.4, -0.2) is 26.5 Å². The minimum absolute atomic E-state index is 0.00780. The molecule has 0 aliphatic rings. The van der Waals surface area contributed by atoms with E-state index in [0.717, 1.165) is 0 Å². The summed E-state index contributed by atoms with van der Waals surface area (Å²) in [6, 6.07) is 0. The molecule has 0 fully saturated rings. The fourth-order valence-corrected chi connectivity index (χ4v) is 2.28. The Hall–Kier alpha value is -0.483. The lowest BCUT2D eigenvalue weighted by atomic mass is 9.87. The zero-order valence-corrected chi connectivity index (χ0v) is 14.1. The summed E-state index contributed by atoms with van der Waals surface area (Å²) < 4.78 is 6.07. The second-order valence-electron chi connectivity index (χ2n) is 7.23. The second-order valence-corrected chi connectivity index (χ2v) is 12.0. The summed E-state index contributed by atoms with van der Waals surface area (Å²) in [6.45, 7) is 16.4. The predicted octanol–water partition coefficient (Wildman–Crippen LogP) is 3.58. The lowest BCUT2D eigenvalue weighted by molar-refractivity contribution is -0.132. The number of hydrogen-bond donors (Lipinski definition) is 0. The van der Waals surface area contributed by atoms with Crippen molar-refractivity contribution in [3.8, 4) is 0 Å². The Morgan fingerprint density at radius 3 is 1.83 bits per heavy atom. The second kappa shape index (κ2) is 5.66. The van der Waals surface area contributed by atoms with Crippen molar-refractivity contribution in [2.75, 3.05) is 6.61 Å². The van der Waals surface area contributed by atoms with Crippen LogP contribution in [-0.2, 0) is 14.0 Å². The SMILES string of the molecule is CC(=O)CC(=O)C(C)(C)CO[Si](C)(C)C(C)(C)C. The number of carbonyl (C=O) groups excluding carboxylic acids is 2. The van der Waals surface area contributed by atoms with Crippen molar-refractivity contribution >= 4 is 19.9 Å². The normalized spacial score (nSPS) is 13.6. The van der Waals surface area contributed by atoms with Crippen molar-refractivity contribution in [3.63, 3.8) is 0 Å². The van der Waals surface area contributed by atoms with Gasteiger partial charge in [-0.25, -0.2) is 0 Å². The van der Waals surface area contributed by atoms with Crippen molar-refractivity contribution < 1.29 is 14.0 Å². The summed E-state index contributed by atoms with van der Waals surface area (Å²) >= 11 is 0.